The normalized spacial score (nSPS) is 13.0. The Balaban J connectivity index is 2.84. The fourth-order valence-electron chi connectivity index (χ4n) is 0.992. The van der Waals surface area contributed by atoms with Crippen LogP contribution in [0.1, 0.15) is 11.7 Å². The lowest BCUT2D eigenvalue weighted by molar-refractivity contribution is -0.131. The summed E-state index contributed by atoms with van der Waals surface area (Å²) in [6, 6.07) is 6.73. The first-order chi connectivity index (χ1) is 6.61. The molecule has 0 saturated heterocycles. The van der Waals surface area contributed by atoms with Gasteiger partial charge in [0.15, 0.2) is 0 Å². The minimum atomic E-state index is -1.10. The van der Waals surface area contributed by atoms with Crippen molar-refractivity contribution >= 4 is 17.6 Å². The summed E-state index contributed by atoms with van der Waals surface area (Å²) in [5.41, 5.74) is 0.492. The van der Waals surface area contributed by atoms with Crippen LogP contribution in [0.15, 0.2) is 36.4 Å². The lowest BCUT2D eigenvalue weighted by atomic mass is 10.1. The van der Waals surface area contributed by atoms with Crippen molar-refractivity contribution in [1.82, 2.24) is 0 Å². The Morgan fingerprint density at radius 1 is 1.43 bits per heavy atom. The average molecular weight is 213 g/mol. The maximum absolute atomic E-state index is 10.2. The average Bonchev–Trinajstić information content (AvgIpc) is 2.15. The fraction of sp³-hybridized carbons (Fsp3) is 0.100. The van der Waals surface area contributed by atoms with Crippen LogP contribution < -0.4 is 0 Å². The third-order valence-electron chi connectivity index (χ3n) is 1.64. The topological polar surface area (TPSA) is 57.5 Å². The van der Waals surface area contributed by atoms with E-state index in [9.17, 15) is 9.90 Å². The predicted molar refractivity (Wildman–Crippen MR) is 53.2 cm³/mol. The number of halogens is 1. The molecule has 1 unspecified atom stereocenters. The lowest BCUT2D eigenvalue weighted by Crippen LogP contribution is -1.96. The van der Waals surface area contributed by atoms with Gasteiger partial charge in [0.25, 0.3) is 0 Å². The molecule has 0 saturated carbocycles. The van der Waals surface area contributed by atoms with Crippen LogP contribution >= 0.6 is 11.6 Å². The Labute approximate surface area is 86.3 Å². The highest BCUT2D eigenvalue weighted by molar-refractivity contribution is 6.31. The van der Waals surface area contributed by atoms with E-state index in [1.165, 1.54) is 6.08 Å². The molecule has 0 fully saturated rings. The third kappa shape index (κ3) is 2.87. The van der Waals surface area contributed by atoms with Crippen LogP contribution in [0.2, 0.25) is 5.02 Å². The van der Waals surface area contributed by atoms with Crippen molar-refractivity contribution in [3.63, 3.8) is 0 Å². The molecule has 0 aliphatic carbocycles. The quantitative estimate of drug-likeness (QED) is 0.754. The predicted octanol–water partition coefficient (Wildman–Crippen LogP) is 2.01. The van der Waals surface area contributed by atoms with Gasteiger partial charge in [-0.05, 0) is 12.1 Å². The SMILES string of the molecule is O=C(O)/C=C/C(O)c1ccccc1Cl. The largest absolute Gasteiger partial charge is 0.478 e. The van der Waals surface area contributed by atoms with E-state index in [2.05, 4.69) is 0 Å². The second-order valence-corrected chi connectivity index (χ2v) is 3.07. The summed E-state index contributed by atoms with van der Waals surface area (Å²) in [7, 11) is 0. The van der Waals surface area contributed by atoms with Crippen molar-refractivity contribution in [3.8, 4) is 0 Å². The van der Waals surface area contributed by atoms with Crippen LogP contribution in [-0.2, 0) is 4.79 Å². The number of carboxylic acid groups (broad SMARTS) is 1. The first kappa shape index (κ1) is 10.8. The van der Waals surface area contributed by atoms with Gasteiger partial charge in [-0.1, -0.05) is 29.8 Å². The molecule has 2 N–H and O–H groups in total. The molecule has 0 aliphatic rings. The molecule has 0 radical (unpaired) electrons. The molecule has 0 spiro atoms. The summed E-state index contributed by atoms with van der Waals surface area (Å²) in [6.07, 6.45) is 1.07. The molecule has 74 valence electrons. The lowest BCUT2D eigenvalue weighted by Gasteiger charge is -2.06. The fourth-order valence-corrected chi connectivity index (χ4v) is 1.24. The van der Waals surface area contributed by atoms with Gasteiger partial charge in [0.1, 0.15) is 0 Å². The summed E-state index contributed by atoms with van der Waals surface area (Å²) >= 11 is 5.79. The third-order valence-corrected chi connectivity index (χ3v) is 1.99. The number of rotatable bonds is 3. The zero-order valence-electron chi connectivity index (χ0n) is 7.22. The minimum Gasteiger partial charge on any atom is -0.478 e. The van der Waals surface area contributed by atoms with Crippen LogP contribution in [0, 0.1) is 0 Å². The molecule has 14 heavy (non-hydrogen) atoms. The van der Waals surface area contributed by atoms with Crippen molar-refractivity contribution in [1.29, 1.82) is 0 Å². The number of aliphatic hydroxyl groups is 1. The van der Waals surface area contributed by atoms with Gasteiger partial charge in [0.05, 0.1) is 6.10 Å². The van der Waals surface area contributed by atoms with Crippen molar-refractivity contribution in [2.75, 3.05) is 0 Å². The zero-order chi connectivity index (χ0) is 10.6. The molecular weight excluding hydrogens is 204 g/mol. The first-order valence-electron chi connectivity index (χ1n) is 3.95. The molecule has 0 heterocycles. The van der Waals surface area contributed by atoms with Gasteiger partial charge in [0, 0.05) is 16.7 Å². The number of aliphatic hydroxyl groups excluding tert-OH is 1. The Morgan fingerprint density at radius 3 is 2.64 bits per heavy atom. The highest BCUT2D eigenvalue weighted by Gasteiger charge is 2.07. The summed E-state index contributed by atoms with van der Waals surface area (Å²) in [6.45, 7) is 0. The summed E-state index contributed by atoms with van der Waals surface area (Å²) in [5.74, 6) is -1.10. The number of aliphatic carboxylic acids is 1. The van der Waals surface area contributed by atoms with E-state index in [1.807, 2.05) is 0 Å². The van der Waals surface area contributed by atoms with Crippen molar-refractivity contribution < 1.29 is 15.0 Å². The Morgan fingerprint density at radius 2 is 2.07 bits per heavy atom. The molecule has 1 aromatic carbocycles. The molecule has 0 aliphatic heterocycles. The minimum absolute atomic E-state index is 0.412. The van der Waals surface area contributed by atoms with Gasteiger partial charge < -0.3 is 10.2 Å². The molecule has 4 heteroatoms. The van der Waals surface area contributed by atoms with Crippen LogP contribution in [0.5, 0.6) is 0 Å². The summed E-state index contributed by atoms with van der Waals surface area (Å²) in [5, 5.41) is 18.3. The summed E-state index contributed by atoms with van der Waals surface area (Å²) < 4.78 is 0. The van der Waals surface area contributed by atoms with Crippen LogP contribution in [0.3, 0.4) is 0 Å². The van der Waals surface area contributed by atoms with E-state index in [0.29, 0.717) is 10.6 Å². The summed E-state index contributed by atoms with van der Waals surface area (Å²) in [4.78, 5) is 10.2. The Bertz CT molecular complexity index is 360. The second kappa shape index (κ2) is 4.79. The molecular formula is C10H9ClO3. The van der Waals surface area contributed by atoms with Crippen molar-refractivity contribution in [3.05, 3.63) is 47.0 Å². The van der Waals surface area contributed by atoms with Gasteiger partial charge in [-0.15, -0.1) is 0 Å². The van der Waals surface area contributed by atoms with Crippen LogP contribution in [0.25, 0.3) is 0 Å². The Kier molecular flexibility index (Phi) is 3.68. The number of benzene rings is 1. The number of hydrogen-bond acceptors (Lipinski definition) is 2. The van der Waals surface area contributed by atoms with E-state index in [-0.39, 0.29) is 0 Å². The number of hydrogen-bond donors (Lipinski definition) is 2. The highest BCUT2D eigenvalue weighted by Crippen LogP contribution is 2.22. The number of carboxylic acids is 1. The van der Waals surface area contributed by atoms with Crippen molar-refractivity contribution in [2.24, 2.45) is 0 Å². The van der Waals surface area contributed by atoms with Gasteiger partial charge in [-0.3, -0.25) is 0 Å². The molecule has 0 bridgehead atoms. The zero-order valence-corrected chi connectivity index (χ0v) is 7.98. The first-order valence-corrected chi connectivity index (χ1v) is 4.32. The van der Waals surface area contributed by atoms with Gasteiger partial charge in [-0.25, -0.2) is 4.79 Å². The van der Waals surface area contributed by atoms with Crippen LogP contribution in [0.4, 0.5) is 0 Å². The van der Waals surface area contributed by atoms with Crippen LogP contribution in [-0.4, -0.2) is 16.2 Å². The molecule has 1 rings (SSSR count). The van der Waals surface area contributed by atoms with E-state index >= 15 is 0 Å². The smallest absolute Gasteiger partial charge is 0.328 e. The molecule has 0 aromatic heterocycles. The maximum Gasteiger partial charge on any atom is 0.328 e. The van der Waals surface area contributed by atoms with Crippen molar-refractivity contribution in [2.45, 2.75) is 6.10 Å². The standard InChI is InChI=1S/C10H9ClO3/c11-8-4-2-1-3-7(8)9(12)5-6-10(13)14/h1-6,9,12H,(H,13,14)/b6-5+. The van der Waals surface area contributed by atoms with Gasteiger partial charge >= 0.3 is 5.97 Å². The molecule has 1 atom stereocenters. The van der Waals surface area contributed by atoms with Gasteiger partial charge in [-0.2, -0.15) is 0 Å². The molecule has 3 nitrogen and oxygen atoms in total. The second-order valence-electron chi connectivity index (χ2n) is 2.66. The monoisotopic (exact) mass is 212 g/mol. The Hall–Kier alpha value is -1.32. The highest BCUT2D eigenvalue weighted by atomic mass is 35.5. The van der Waals surface area contributed by atoms with E-state index < -0.39 is 12.1 Å². The molecule has 0 amide bonds. The van der Waals surface area contributed by atoms with E-state index in [4.69, 9.17) is 16.7 Å². The maximum atomic E-state index is 10.2. The van der Waals surface area contributed by atoms with Gasteiger partial charge in [0.2, 0.25) is 0 Å². The molecule has 1 aromatic rings. The van der Waals surface area contributed by atoms with E-state index in [0.717, 1.165) is 6.08 Å². The number of carbonyl (C=O) groups is 1. The van der Waals surface area contributed by atoms with E-state index in [1.54, 1.807) is 24.3 Å².